The van der Waals surface area contributed by atoms with E-state index in [1.54, 1.807) is 14.2 Å². The molecule has 1 aromatic rings. The highest BCUT2D eigenvalue weighted by Gasteiger charge is 2.42. The molecule has 17 heavy (non-hydrogen) atoms. The molecule has 0 aliphatic carbocycles. The lowest BCUT2D eigenvalue weighted by atomic mass is 9.85. The Hall–Kier alpha value is -1.06. The van der Waals surface area contributed by atoms with Gasteiger partial charge in [0.1, 0.15) is 11.4 Å². The molecule has 1 aromatic carbocycles. The summed E-state index contributed by atoms with van der Waals surface area (Å²) in [7, 11) is 3.46. The van der Waals surface area contributed by atoms with Crippen molar-refractivity contribution < 1.29 is 14.2 Å². The van der Waals surface area contributed by atoms with E-state index in [1.807, 2.05) is 0 Å². The molecule has 0 atom stereocenters. The minimum atomic E-state index is -0.258. The molecule has 0 saturated carbocycles. The zero-order chi connectivity index (χ0) is 12.6. The van der Waals surface area contributed by atoms with Gasteiger partial charge in [0.05, 0.1) is 20.3 Å². The maximum atomic E-state index is 5.66. The van der Waals surface area contributed by atoms with Crippen molar-refractivity contribution in [3.63, 3.8) is 0 Å². The van der Waals surface area contributed by atoms with Gasteiger partial charge in [0, 0.05) is 7.11 Å². The number of methoxy groups -OCH3 is 2. The molecule has 0 N–H and O–H groups in total. The molecule has 3 nitrogen and oxygen atoms in total. The number of hydrogen-bond acceptors (Lipinski definition) is 3. The van der Waals surface area contributed by atoms with E-state index in [9.17, 15) is 0 Å². The summed E-state index contributed by atoms with van der Waals surface area (Å²) in [4.78, 5) is 0. The molecule has 0 spiro atoms. The molecular weight excluding hydrogens is 216 g/mol. The van der Waals surface area contributed by atoms with E-state index in [0.717, 1.165) is 11.3 Å². The molecule has 2 rings (SSSR count). The highest BCUT2D eigenvalue weighted by atomic mass is 16.6. The summed E-state index contributed by atoms with van der Waals surface area (Å²) < 4.78 is 16.4. The quantitative estimate of drug-likeness (QED) is 0.807. The molecule has 0 amide bonds. The van der Waals surface area contributed by atoms with Crippen LogP contribution in [-0.2, 0) is 15.1 Å². The Morgan fingerprint density at radius 1 is 1.12 bits per heavy atom. The van der Waals surface area contributed by atoms with Crippen LogP contribution in [0.4, 0.5) is 0 Å². The summed E-state index contributed by atoms with van der Waals surface area (Å²) in [5.74, 6) is 0.970. The first-order valence-corrected chi connectivity index (χ1v) is 5.84. The third-order valence-corrected chi connectivity index (χ3v) is 3.78. The molecule has 3 heteroatoms. The van der Waals surface area contributed by atoms with Crippen LogP contribution in [0, 0.1) is 20.8 Å². The maximum absolute atomic E-state index is 5.66. The van der Waals surface area contributed by atoms with Crippen LogP contribution in [0.1, 0.15) is 22.3 Å². The van der Waals surface area contributed by atoms with Gasteiger partial charge in [0.25, 0.3) is 0 Å². The van der Waals surface area contributed by atoms with Gasteiger partial charge in [0.15, 0.2) is 0 Å². The van der Waals surface area contributed by atoms with Gasteiger partial charge < -0.3 is 14.2 Å². The van der Waals surface area contributed by atoms with Gasteiger partial charge in [-0.05, 0) is 49.1 Å². The lowest BCUT2D eigenvalue weighted by molar-refractivity contribution is -0.202. The zero-order valence-corrected chi connectivity index (χ0v) is 11.2. The van der Waals surface area contributed by atoms with Gasteiger partial charge in [-0.3, -0.25) is 0 Å². The summed E-state index contributed by atoms with van der Waals surface area (Å²) in [5.41, 5.74) is 4.53. The molecule has 0 aromatic heterocycles. The van der Waals surface area contributed by atoms with Crippen LogP contribution in [0.3, 0.4) is 0 Å². The van der Waals surface area contributed by atoms with Crippen LogP contribution in [0.5, 0.6) is 5.75 Å². The molecule has 0 unspecified atom stereocenters. The molecule has 1 saturated heterocycles. The standard InChI is InChI=1S/C14H20O3/c1-9-6-12(14(16-5)7-17-8-14)10(2)11(3)13(9)15-4/h6H,7-8H2,1-5H3. The fourth-order valence-corrected chi connectivity index (χ4v) is 2.52. The first kappa shape index (κ1) is 12.4. The highest BCUT2D eigenvalue weighted by Crippen LogP contribution is 2.39. The summed E-state index contributed by atoms with van der Waals surface area (Å²) in [6.45, 7) is 7.54. The lowest BCUT2D eigenvalue weighted by Gasteiger charge is -2.42. The number of hydrogen-bond donors (Lipinski definition) is 0. The van der Waals surface area contributed by atoms with Gasteiger partial charge in [0.2, 0.25) is 0 Å². The normalized spacial score (nSPS) is 17.7. The minimum Gasteiger partial charge on any atom is -0.496 e. The average molecular weight is 236 g/mol. The van der Waals surface area contributed by atoms with Gasteiger partial charge in [-0.15, -0.1) is 0 Å². The second kappa shape index (κ2) is 4.31. The van der Waals surface area contributed by atoms with Gasteiger partial charge in [-0.25, -0.2) is 0 Å². The SMILES string of the molecule is COc1c(C)cc(C2(OC)COC2)c(C)c1C. The number of benzene rings is 1. The fraction of sp³-hybridized carbons (Fsp3) is 0.571. The minimum absolute atomic E-state index is 0.258. The predicted octanol–water partition coefficient (Wildman–Crippen LogP) is 2.49. The second-order valence-electron chi connectivity index (χ2n) is 4.72. The van der Waals surface area contributed by atoms with E-state index in [-0.39, 0.29) is 5.60 Å². The van der Waals surface area contributed by atoms with Crippen LogP contribution >= 0.6 is 0 Å². The number of aryl methyl sites for hydroxylation is 1. The van der Waals surface area contributed by atoms with Crippen molar-refractivity contribution in [1.29, 1.82) is 0 Å². The Morgan fingerprint density at radius 2 is 1.76 bits per heavy atom. The van der Waals surface area contributed by atoms with Crippen molar-refractivity contribution in [2.75, 3.05) is 27.4 Å². The molecule has 1 heterocycles. The Kier molecular flexibility index (Phi) is 3.15. The van der Waals surface area contributed by atoms with Crippen molar-refractivity contribution in [3.05, 3.63) is 28.3 Å². The first-order valence-electron chi connectivity index (χ1n) is 5.84. The summed E-state index contributed by atoms with van der Waals surface area (Å²) in [5, 5.41) is 0. The summed E-state index contributed by atoms with van der Waals surface area (Å²) in [6, 6.07) is 2.16. The van der Waals surface area contributed by atoms with Crippen LogP contribution in [0.2, 0.25) is 0 Å². The van der Waals surface area contributed by atoms with Crippen molar-refractivity contribution in [2.45, 2.75) is 26.4 Å². The van der Waals surface area contributed by atoms with E-state index < -0.39 is 0 Å². The van der Waals surface area contributed by atoms with Gasteiger partial charge in [-0.2, -0.15) is 0 Å². The largest absolute Gasteiger partial charge is 0.496 e. The monoisotopic (exact) mass is 236 g/mol. The second-order valence-corrected chi connectivity index (χ2v) is 4.72. The third kappa shape index (κ3) is 1.74. The van der Waals surface area contributed by atoms with Crippen LogP contribution in [0.25, 0.3) is 0 Å². The van der Waals surface area contributed by atoms with Crippen LogP contribution in [0.15, 0.2) is 6.07 Å². The molecule has 94 valence electrons. The van der Waals surface area contributed by atoms with Gasteiger partial charge >= 0.3 is 0 Å². The lowest BCUT2D eigenvalue weighted by Crippen LogP contribution is -2.48. The predicted molar refractivity (Wildman–Crippen MR) is 66.7 cm³/mol. The average Bonchev–Trinajstić information content (AvgIpc) is 2.25. The Bertz CT molecular complexity index is 428. The molecule has 1 aliphatic heterocycles. The fourth-order valence-electron chi connectivity index (χ4n) is 2.52. The van der Waals surface area contributed by atoms with Crippen molar-refractivity contribution >= 4 is 0 Å². The molecule has 1 aliphatic rings. The van der Waals surface area contributed by atoms with Crippen LogP contribution < -0.4 is 4.74 Å². The zero-order valence-electron chi connectivity index (χ0n) is 11.2. The van der Waals surface area contributed by atoms with Gasteiger partial charge in [-0.1, -0.05) is 0 Å². The van der Waals surface area contributed by atoms with E-state index in [4.69, 9.17) is 14.2 Å². The summed E-state index contributed by atoms with van der Waals surface area (Å²) in [6.07, 6.45) is 0. The molecule has 0 radical (unpaired) electrons. The van der Waals surface area contributed by atoms with Crippen LogP contribution in [-0.4, -0.2) is 27.4 Å². The Balaban J connectivity index is 2.56. The van der Waals surface area contributed by atoms with E-state index in [0.29, 0.717) is 13.2 Å². The maximum Gasteiger partial charge on any atom is 0.139 e. The van der Waals surface area contributed by atoms with Crippen molar-refractivity contribution in [3.8, 4) is 5.75 Å². The molecule has 0 bridgehead atoms. The van der Waals surface area contributed by atoms with E-state index in [2.05, 4.69) is 26.8 Å². The topological polar surface area (TPSA) is 27.7 Å². The van der Waals surface area contributed by atoms with Crippen molar-refractivity contribution in [2.24, 2.45) is 0 Å². The Labute approximate surface area is 103 Å². The molecule has 1 fully saturated rings. The third-order valence-electron chi connectivity index (χ3n) is 3.78. The van der Waals surface area contributed by atoms with E-state index in [1.165, 1.54) is 16.7 Å². The summed E-state index contributed by atoms with van der Waals surface area (Å²) >= 11 is 0. The van der Waals surface area contributed by atoms with E-state index >= 15 is 0 Å². The highest BCUT2D eigenvalue weighted by molar-refractivity contribution is 5.51. The number of ether oxygens (including phenoxy) is 3. The smallest absolute Gasteiger partial charge is 0.139 e. The molecular formula is C14H20O3. The number of rotatable bonds is 3. The first-order chi connectivity index (χ1) is 8.05. The van der Waals surface area contributed by atoms with Crippen molar-refractivity contribution in [1.82, 2.24) is 0 Å². The Morgan fingerprint density at radius 3 is 2.18 bits per heavy atom.